The fourth-order valence-electron chi connectivity index (χ4n) is 6.75. The van der Waals surface area contributed by atoms with E-state index in [1.165, 1.54) is 0 Å². The zero-order chi connectivity index (χ0) is 22.3. The van der Waals surface area contributed by atoms with E-state index in [1.54, 1.807) is 6.07 Å². The van der Waals surface area contributed by atoms with E-state index < -0.39 is 17.1 Å². The SMILES string of the molecule is C=C(C)CN1CC[C@]23c4c5ccc(O)c4O[C@H]2C(=O)/C(=C\c2ccccc2)C[C@@]3(O)[C@H]1C5. The summed E-state index contributed by atoms with van der Waals surface area (Å²) in [4.78, 5) is 16.1. The zero-order valence-electron chi connectivity index (χ0n) is 18.2. The standard InChI is InChI=1S/C27H27NO4/c1-16(2)15-28-11-10-26-22-18-8-9-20(29)24(22)32-25(26)23(30)19(12-17-6-4-3-5-7-17)14-27(26,31)21(28)13-18/h3-9,12,21,25,29,31H,1,10-11,13-15H2,2H3/b19-12-/t21-,25+,26+,27-/m1/s1. The third-order valence-corrected chi connectivity index (χ3v) is 7.95. The molecule has 0 radical (unpaired) electrons. The molecule has 2 aromatic carbocycles. The van der Waals surface area contributed by atoms with E-state index >= 15 is 0 Å². The van der Waals surface area contributed by atoms with E-state index in [-0.39, 0.29) is 24.0 Å². The number of ether oxygens (including phenoxy) is 1. The minimum absolute atomic E-state index is 0.0408. The molecule has 2 aliphatic heterocycles. The number of Topliss-reactive ketones (excluding diaryl/α,β-unsaturated/α-hetero) is 1. The summed E-state index contributed by atoms with van der Waals surface area (Å²) in [6.45, 7) is 7.56. The molecule has 2 aromatic rings. The smallest absolute Gasteiger partial charge is 0.200 e. The Morgan fingerprint density at radius 1 is 1.28 bits per heavy atom. The van der Waals surface area contributed by atoms with Crippen LogP contribution in [0, 0.1) is 0 Å². The van der Waals surface area contributed by atoms with E-state index in [0.717, 1.165) is 28.8 Å². The highest BCUT2D eigenvalue weighted by Gasteiger charge is 2.74. The fraction of sp³-hybridized carbons (Fsp3) is 0.370. The van der Waals surface area contributed by atoms with Gasteiger partial charge in [-0.2, -0.15) is 0 Å². The Morgan fingerprint density at radius 2 is 2.06 bits per heavy atom. The predicted molar refractivity (Wildman–Crippen MR) is 122 cm³/mol. The van der Waals surface area contributed by atoms with Crippen molar-refractivity contribution in [1.82, 2.24) is 4.90 Å². The molecule has 5 nitrogen and oxygen atoms in total. The first-order chi connectivity index (χ1) is 15.3. The maximum absolute atomic E-state index is 13.8. The van der Waals surface area contributed by atoms with Crippen LogP contribution in [0.1, 0.15) is 36.5 Å². The van der Waals surface area contributed by atoms with Crippen molar-refractivity contribution in [3.05, 3.63) is 76.9 Å². The predicted octanol–water partition coefficient (Wildman–Crippen LogP) is 3.39. The summed E-state index contributed by atoms with van der Waals surface area (Å²) < 4.78 is 6.23. The van der Waals surface area contributed by atoms with Gasteiger partial charge in [-0.15, -0.1) is 0 Å². The van der Waals surface area contributed by atoms with Crippen molar-refractivity contribution in [1.29, 1.82) is 0 Å². The Bertz CT molecular complexity index is 1190. The number of hydrogen-bond acceptors (Lipinski definition) is 5. The van der Waals surface area contributed by atoms with Crippen molar-refractivity contribution in [3.8, 4) is 11.5 Å². The first kappa shape index (κ1) is 19.8. The van der Waals surface area contributed by atoms with Gasteiger partial charge in [-0.1, -0.05) is 48.6 Å². The van der Waals surface area contributed by atoms with Crippen molar-refractivity contribution in [3.63, 3.8) is 0 Å². The molecule has 164 valence electrons. The van der Waals surface area contributed by atoms with E-state index in [2.05, 4.69) is 11.5 Å². The topological polar surface area (TPSA) is 70.0 Å². The molecule has 4 aliphatic rings. The average molecular weight is 430 g/mol. The van der Waals surface area contributed by atoms with Crippen LogP contribution in [0.5, 0.6) is 11.5 Å². The molecule has 0 aromatic heterocycles. The Balaban J connectivity index is 1.56. The van der Waals surface area contributed by atoms with E-state index in [4.69, 9.17) is 4.74 Å². The Labute approximate surface area is 187 Å². The van der Waals surface area contributed by atoms with Gasteiger partial charge in [-0.25, -0.2) is 0 Å². The van der Waals surface area contributed by atoms with Crippen LogP contribution in [-0.2, 0) is 16.6 Å². The van der Waals surface area contributed by atoms with Gasteiger partial charge in [0.1, 0.15) is 0 Å². The number of hydrogen-bond donors (Lipinski definition) is 2. The van der Waals surface area contributed by atoms with Gasteiger partial charge in [0.15, 0.2) is 23.4 Å². The normalized spacial score (nSPS) is 33.7. The van der Waals surface area contributed by atoms with Crippen LogP contribution in [0.25, 0.3) is 6.08 Å². The summed E-state index contributed by atoms with van der Waals surface area (Å²) >= 11 is 0. The lowest BCUT2D eigenvalue weighted by molar-refractivity contribution is -0.178. The summed E-state index contributed by atoms with van der Waals surface area (Å²) in [7, 11) is 0. The third kappa shape index (κ3) is 2.38. The van der Waals surface area contributed by atoms with Crippen molar-refractivity contribution < 1.29 is 19.7 Å². The van der Waals surface area contributed by atoms with Crippen LogP contribution in [0.3, 0.4) is 0 Å². The third-order valence-electron chi connectivity index (χ3n) is 7.95. The van der Waals surface area contributed by atoms with Crippen LogP contribution in [0.2, 0.25) is 0 Å². The number of carbonyl (C=O) groups is 1. The number of ketones is 1. The lowest BCUT2D eigenvalue weighted by atomic mass is 9.48. The van der Waals surface area contributed by atoms with Gasteiger partial charge in [-0.3, -0.25) is 9.69 Å². The number of carbonyl (C=O) groups excluding carboxylic acids is 1. The lowest BCUT2D eigenvalue weighted by Crippen LogP contribution is -2.77. The largest absolute Gasteiger partial charge is 0.504 e. The summed E-state index contributed by atoms with van der Waals surface area (Å²) in [5, 5.41) is 23.1. The van der Waals surface area contributed by atoms with Crippen molar-refractivity contribution in [2.24, 2.45) is 0 Å². The Morgan fingerprint density at radius 3 is 2.81 bits per heavy atom. The molecule has 1 saturated heterocycles. The molecule has 2 heterocycles. The number of aliphatic hydroxyl groups is 1. The van der Waals surface area contributed by atoms with Gasteiger partial charge in [0, 0.05) is 36.7 Å². The van der Waals surface area contributed by atoms with Crippen LogP contribution >= 0.6 is 0 Å². The second-order valence-corrected chi connectivity index (χ2v) is 9.86. The minimum atomic E-state index is -1.17. The molecule has 1 spiro atoms. The van der Waals surface area contributed by atoms with Crippen LogP contribution in [0.4, 0.5) is 0 Å². The molecule has 2 bridgehead atoms. The number of nitrogens with zero attached hydrogens (tertiary/aromatic N) is 1. The number of piperidine rings is 1. The molecule has 6 rings (SSSR count). The second kappa shape index (κ2) is 6.56. The van der Waals surface area contributed by atoms with Gasteiger partial charge in [0.05, 0.1) is 11.0 Å². The summed E-state index contributed by atoms with van der Waals surface area (Å²) in [5.41, 5.74) is 2.45. The Kier molecular flexibility index (Phi) is 4.05. The second-order valence-electron chi connectivity index (χ2n) is 9.86. The van der Waals surface area contributed by atoms with E-state index in [1.807, 2.05) is 49.4 Å². The quantitative estimate of drug-likeness (QED) is 0.578. The van der Waals surface area contributed by atoms with Gasteiger partial charge in [0.2, 0.25) is 0 Å². The van der Waals surface area contributed by atoms with Crippen LogP contribution < -0.4 is 4.74 Å². The Hall–Kier alpha value is -2.89. The van der Waals surface area contributed by atoms with E-state index in [0.29, 0.717) is 30.7 Å². The molecular formula is C27H27NO4. The summed E-state index contributed by atoms with van der Waals surface area (Å²) in [5.74, 6) is 0.334. The highest BCUT2D eigenvalue weighted by atomic mass is 16.5. The molecule has 2 aliphatic carbocycles. The highest BCUT2D eigenvalue weighted by molar-refractivity contribution is 6.06. The highest BCUT2D eigenvalue weighted by Crippen LogP contribution is 2.65. The minimum Gasteiger partial charge on any atom is -0.504 e. The molecule has 5 heteroatoms. The molecule has 0 unspecified atom stereocenters. The van der Waals surface area contributed by atoms with Gasteiger partial charge in [0.25, 0.3) is 0 Å². The van der Waals surface area contributed by atoms with Crippen LogP contribution in [-0.4, -0.2) is 51.7 Å². The van der Waals surface area contributed by atoms with Crippen LogP contribution in [0.15, 0.2) is 60.2 Å². The number of likely N-dealkylation sites (tertiary alicyclic amines) is 1. The molecule has 32 heavy (non-hydrogen) atoms. The van der Waals surface area contributed by atoms with Gasteiger partial charge < -0.3 is 14.9 Å². The molecule has 4 atom stereocenters. The number of rotatable bonds is 3. The maximum atomic E-state index is 13.8. The van der Waals surface area contributed by atoms with Gasteiger partial charge >= 0.3 is 0 Å². The van der Waals surface area contributed by atoms with Gasteiger partial charge in [-0.05, 0) is 43.0 Å². The maximum Gasteiger partial charge on any atom is 0.200 e. The number of phenolic OH excluding ortho intramolecular Hbond substituents is 1. The monoisotopic (exact) mass is 429 g/mol. The molecular weight excluding hydrogens is 402 g/mol. The summed E-state index contributed by atoms with van der Waals surface area (Å²) in [6, 6.07) is 13.1. The average Bonchev–Trinajstić information content (AvgIpc) is 3.11. The summed E-state index contributed by atoms with van der Waals surface area (Å²) in [6.07, 6.45) is 2.58. The molecule has 1 saturated carbocycles. The lowest BCUT2D eigenvalue weighted by Gasteiger charge is -2.62. The zero-order valence-corrected chi connectivity index (χ0v) is 18.2. The number of phenols is 1. The van der Waals surface area contributed by atoms with Crippen molar-refractivity contribution in [2.45, 2.75) is 49.3 Å². The molecule has 2 N–H and O–H groups in total. The van der Waals surface area contributed by atoms with Crippen molar-refractivity contribution in [2.75, 3.05) is 13.1 Å². The fourth-order valence-corrected chi connectivity index (χ4v) is 6.75. The molecule has 2 fully saturated rings. The van der Waals surface area contributed by atoms with Crippen molar-refractivity contribution >= 4 is 11.9 Å². The number of aromatic hydroxyl groups is 1. The van der Waals surface area contributed by atoms with E-state index in [9.17, 15) is 15.0 Å². The molecule has 0 amide bonds. The first-order valence-corrected chi connectivity index (χ1v) is 11.3. The first-order valence-electron chi connectivity index (χ1n) is 11.3. The number of benzene rings is 2.